The Balaban J connectivity index is 1.88. The van der Waals surface area contributed by atoms with Crippen molar-refractivity contribution in [3.8, 4) is 11.1 Å². The molecule has 160 valence electrons. The van der Waals surface area contributed by atoms with E-state index in [1.54, 1.807) is 24.7 Å². The molecular formula is C23H30N4O2S. The van der Waals surface area contributed by atoms with Gasteiger partial charge in [-0.05, 0) is 55.9 Å². The lowest BCUT2D eigenvalue weighted by atomic mass is 9.87. The van der Waals surface area contributed by atoms with Crippen LogP contribution in [0.3, 0.4) is 0 Å². The molecule has 7 heteroatoms. The van der Waals surface area contributed by atoms with Gasteiger partial charge in [-0.1, -0.05) is 13.8 Å². The summed E-state index contributed by atoms with van der Waals surface area (Å²) in [6.45, 7) is 4.08. The van der Waals surface area contributed by atoms with Crippen molar-refractivity contribution >= 4 is 26.3 Å². The molecule has 3 aromatic rings. The van der Waals surface area contributed by atoms with Crippen molar-refractivity contribution in [2.24, 2.45) is 13.0 Å². The van der Waals surface area contributed by atoms with Crippen LogP contribution in [-0.2, 0) is 16.8 Å². The van der Waals surface area contributed by atoms with E-state index in [-0.39, 0.29) is 11.3 Å². The molecule has 4 rings (SSSR count). The number of pyridine rings is 1. The van der Waals surface area contributed by atoms with Crippen molar-refractivity contribution in [3.63, 3.8) is 0 Å². The Bertz CT molecular complexity index is 1230. The highest BCUT2D eigenvalue weighted by molar-refractivity contribution is 7.92. The van der Waals surface area contributed by atoms with Gasteiger partial charge in [0.1, 0.15) is 5.52 Å². The standard InChI is InChI=1S/C23H30N4O2S/c1-4-30(24,29)17-9-10-21(26-16-7-5-15(2)6-8-16)19(13-17)20-14-27(3)23(28)22-18(20)11-12-25-22/h9-16,24-26H,4-8H2,1-3H3. The molecule has 0 spiro atoms. The summed E-state index contributed by atoms with van der Waals surface area (Å²) in [5.41, 5.74) is 3.22. The summed E-state index contributed by atoms with van der Waals surface area (Å²) >= 11 is 0. The molecule has 0 amide bonds. The Labute approximate surface area is 177 Å². The molecule has 2 heterocycles. The van der Waals surface area contributed by atoms with Gasteiger partial charge in [0.25, 0.3) is 5.56 Å². The molecule has 3 N–H and O–H groups in total. The normalized spacial score (nSPS) is 21.4. The summed E-state index contributed by atoms with van der Waals surface area (Å²) in [5, 5.41) is 4.54. The van der Waals surface area contributed by atoms with Crippen LogP contribution in [0.15, 0.2) is 46.3 Å². The van der Waals surface area contributed by atoms with Gasteiger partial charge < -0.3 is 14.9 Å². The maximum atomic E-state index is 12.8. The Morgan fingerprint density at radius 2 is 1.93 bits per heavy atom. The summed E-state index contributed by atoms with van der Waals surface area (Å²) < 4.78 is 22.6. The average Bonchev–Trinajstić information content (AvgIpc) is 3.23. The number of anilines is 1. The van der Waals surface area contributed by atoms with Crippen molar-refractivity contribution in [3.05, 3.63) is 47.0 Å². The molecule has 30 heavy (non-hydrogen) atoms. The fourth-order valence-electron chi connectivity index (χ4n) is 4.35. The van der Waals surface area contributed by atoms with Crippen molar-refractivity contribution in [1.29, 1.82) is 4.78 Å². The van der Waals surface area contributed by atoms with Gasteiger partial charge in [-0.2, -0.15) is 0 Å². The SMILES string of the molecule is CCS(=N)(=O)c1ccc(NC2CCC(C)CC2)c(-c2cn(C)c(=O)c3[nH]ccc23)c1. The summed E-state index contributed by atoms with van der Waals surface area (Å²) in [6.07, 6.45) is 8.28. The smallest absolute Gasteiger partial charge is 0.274 e. The molecule has 1 aliphatic carbocycles. The minimum absolute atomic E-state index is 0.0801. The summed E-state index contributed by atoms with van der Waals surface area (Å²) in [7, 11) is -1.11. The van der Waals surface area contributed by atoms with Crippen LogP contribution in [0.2, 0.25) is 0 Å². The number of nitrogens with one attached hydrogen (secondary N) is 3. The second-order valence-electron chi connectivity index (χ2n) is 8.50. The third kappa shape index (κ3) is 3.78. The largest absolute Gasteiger partial charge is 0.382 e. The molecule has 0 bridgehead atoms. The minimum Gasteiger partial charge on any atom is -0.382 e. The van der Waals surface area contributed by atoms with Crippen LogP contribution < -0.4 is 10.9 Å². The highest BCUT2D eigenvalue weighted by Gasteiger charge is 2.21. The lowest BCUT2D eigenvalue weighted by molar-refractivity contribution is 0.361. The molecule has 1 aromatic carbocycles. The topological polar surface area (TPSA) is 90.7 Å². The van der Waals surface area contributed by atoms with Gasteiger partial charge in [0, 0.05) is 58.3 Å². The van der Waals surface area contributed by atoms with Crippen LogP contribution in [0.1, 0.15) is 39.5 Å². The highest BCUT2D eigenvalue weighted by Crippen LogP contribution is 2.36. The monoisotopic (exact) mass is 426 g/mol. The van der Waals surface area contributed by atoms with Crippen LogP contribution in [0, 0.1) is 10.7 Å². The molecule has 0 aliphatic heterocycles. The second kappa shape index (κ2) is 7.95. The van der Waals surface area contributed by atoms with E-state index < -0.39 is 9.73 Å². The molecule has 0 saturated heterocycles. The number of H-pyrrole nitrogens is 1. The van der Waals surface area contributed by atoms with Crippen molar-refractivity contribution < 1.29 is 4.21 Å². The molecule has 1 unspecified atom stereocenters. The number of nitrogens with zero attached hydrogens (tertiary/aromatic N) is 1. The first-order valence-electron chi connectivity index (χ1n) is 10.6. The van der Waals surface area contributed by atoms with Gasteiger partial charge in [-0.15, -0.1) is 0 Å². The Morgan fingerprint density at radius 3 is 2.63 bits per heavy atom. The first-order valence-corrected chi connectivity index (χ1v) is 12.4. The van der Waals surface area contributed by atoms with Gasteiger partial charge in [0.05, 0.1) is 9.73 Å². The molecule has 1 fully saturated rings. The fraction of sp³-hybridized carbons (Fsp3) is 0.435. The van der Waals surface area contributed by atoms with E-state index in [0.717, 1.165) is 41.0 Å². The summed E-state index contributed by atoms with van der Waals surface area (Å²) in [4.78, 5) is 16.1. The average molecular weight is 427 g/mol. The quantitative estimate of drug-likeness (QED) is 0.539. The van der Waals surface area contributed by atoms with Gasteiger partial charge in [-0.3, -0.25) is 4.79 Å². The summed E-state index contributed by atoms with van der Waals surface area (Å²) in [6, 6.07) is 7.94. The molecular weight excluding hydrogens is 396 g/mol. The van der Waals surface area contributed by atoms with Gasteiger partial charge in [-0.25, -0.2) is 8.99 Å². The van der Waals surface area contributed by atoms with Crippen LogP contribution >= 0.6 is 0 Å². The van der Waals surface area contributed by atoms with Crippen LogP contribution in [0.25, 0.3) is 22.0 Å². The summed E-state index contributed by atoms with van der Waals surface area (Å²) in [5.74, 6) is 1.04. The highest BCUT2D eigenvalue weighted by atomic mass is 32.2. The van der Waals surface area contributed by atoms with Gasteiger partial charge >= 0.3 is 0 Å². The number of rotatable bonds is 5. The fourth-order valence-corrected chi connectivity index (χ4v) is 5.28. The van der Waals surface area contributed by atoms with E-state index in [1.807, 2.05) is 30.5 Å². The first-order chi connectivity index (χ1) is 14.3. The van der Waals surface area contributed by atoms with E-state index in [0.29, 0.717) is 16.5 Å². The molecule has 6 nitrogen and oxygen atoms in total. The van der Waals surface area contributed by atoms with E-state index in [1.165, 1.54) is 12.8 Å². The first kappa shape index (κ1) is 20.7. The number of hydrogen-bond acceptors (Lipinski definition) is 4. The van der Waals surface area contributed by atoms with Crippen molar-refractivity contribution in [2.45, 2.75) is 50.5 Å². The number of hydrogen-bond donors (Lipinski definition) is 3. The second-order valence-corrected chi connectivity index (χ2v) is 10.9. The zero-order chi connectivity index (χ0) is 21.5. The number of aryl methyl sites for hydroxylation is 1. The molecule has 1 aliphatic rings. The molecule has 0 radical (unpaired) electrons. The number of aromatic amines is 1. The third-order valence-electron chi connectivity index (χ3n) is 6.34. The lowest BCUT2D eigenvalue weighted by Gasteiger charge is -2.29. The minimum atomic E-state index is -2.85. The maximum Gasteiger partial charge on any atom is 0.274 e. The van der Waals surface area contributed by atoms with Crippen molar-refractivity contribution in [2.75, 3.05) is 11.1 Å². The van der Waals surface area contributed by atoms with Crippen LogP contribution in [-0.4, -0.2) is 25.6 Å². The maximum absolute atomic E-state index is 12.8. The number of fused-ring (bicyclic) bond motifs is 1. The van der Waals surface area contributed by atoms with Crippen LogP contribution in [0.5, 0.6) is 0 Å². The molecule has 1 saturated carbocycles. The third-order valence-corrected chi connectivity index (χ3v) is 8.17. The van der Waals surface area contributed by atoms with E-state index in [2.05, 4.69) is 17.2 Å². The van der Waals surface area contributed by atoms with E-state index in [4.69, 9.17) is 4.78 Å². The lowest BCUT2D eigenvalue weighted by Crippen LogP contribution is -2.25. The zero-order valence-corrected chi connectivity index (χ0v) is 18.6. The zero-order valence-electron chi connectivity index (χ0n) is 17.8. The number of benzene rings is 1. The van der Waals surface area contributed by atoms with E-state index in [9.17, 15) is 9.00 Å². The van der Waals surface area contributed by atoms with Gasteiger partial charge in [0.15, 0.2) is 0 Å². The van der Waals surface area contributed by atoms with Gasteiger partial charge in [0.2, 0.25) is 0 Å². The molecule has 1 atom stereocenters. The molecule has 2 aromatic heterocycles. The Hall–Kier alpha value is -2.54. The van der Waals surface area contributed by atoms with Crippen molar-refractivity contribution in [1.82, 2.24) is 9.55 Å². The number of aromatic nitrogens is 2. The Morgan fingerprint density at radius 1 is 1.20 bits per heavy atom. The predicted molar refractivity (Wildman–Crippen MR) is 124 cm³/mol. The predicted octanol–water partition coefficient (Wildman–Crippen LogP) is 4.95. The van der Waals surface area contributed by atoms with E-state index >= 15 is 0 Å². The van der Waals surface area contributed by atoms with Crippen LogP contribution in [0.4, 0.5) is 5.69 Å². The Kier molecular flexibility index (Phi) is 5.49.